The first kappa shape index (κ1) is 17.8. The third kappa shape index (κ3) is 3.94. The molecule has 0 radical (unpaired) electrons. The van der Waals surface area contributed by atoms with Gasteiger partial charge in [0.15, 0.2) is 5.17 Å². The molecule has 2 N–H and O–H groups in total. The minimum atomic E-state index is -1.06. The zero-order chi connectivity index (χ0) is 18.7. The Kier molecular flexibility index (Phi) is 5.09. The molecule has 3 rings (SSSR count). The molecule has 0 saturated carbocycles. The smallest absolute Gasteiger partial charge is 0.337 e. The Morgan fingerprint density at radius 1 is 1.15 bits per heavy atom. The summed E-state index contributed by atoms with van der Waals surface area (Å²) < 4.78 is 0. The number of aromatic carboxylic acids is 1. The lowest BCUT2D eigenvalue weighted by Crippen LogP contribution is -2.19. The quantitative estimate of drug-likeness (QED) is 0.810. The number of nitrogens with one attached hydrogen (secondary N) is 1. The number of rotatable bonds is 4. The Bertz CT molecular complexity index is 918. The number of nitrogens with zero attached hydrogens (tertiary/aromatic N) is 2. The number of carbonyl (C=O) groups is 2. The number of para-hydroxylation sites is 1. The standard InChI is InChI=1S/C19H17N3O3S/c1-22(2)13-9-7-12(8-10-13)11-16-17(23)21-19(26-16)20-15-6-4-3-5-14(15)18(24)25/h3-11H,1-2H3,(H,24,25)(H,20,21,23). The van der Waals surface area contributed by atoms with Crippen LogP contribution in [-0.4, -0.2) is 36.2 Å². The van der Waals surface area contributed by atoms with Crippen LogP contribution in [0.2, 0.25) is 0 Å². The molecule has 0 spiro atoms. The summed E-state index contributed by atoms with van der Waals surface area (Å²) in [6.45, 7) is 0. The number of benzene rings is 2. The Labute approximate surface area is 155 Å². The number of carbonyl (C=O) groups excluding carboxylic acids is 1. The van der Waals surface area contributed by atoms with Gasteiger partial charge in [-0.15, -0.1) is 0 Å². The minimum Gasteiger partial charge on any atom is -0.478 e. The molecular weight excluding hydrogens is 350 g/mol. The van der Waals surface area contributed by atoms with Crippen LogP contribution < -0.4 is 10.2 Å². The molecule has 0 bridgehead atoms. The maximum Gasteiger partial charge on any atom is 0.337 e. The first-order valence-corrected chi connectivity index (χ1v) is 8.65. The fraction of sp³-hybridized carbons (Fsp3) is 0.105. The zero-order valence-corrected chi connectivity index (χ0v) is 15.1. The van der Waals surface area contributed by atoms with Crippen LogP contribution >= 0.6 is 11.8 Å². The zero-order valence-electron chi connectivity index (χ0n) is 14.3. The third-order valence-electron chi connectivity index (χ3n) is 3.71. The maximum atomic E-state index is 12.2. The van der Waals surface area contributed by atoms with Gasteiger partial charge in [-0.1, -0.05) is 24.3 Å². The Morgan fingerprint density at radius 2 is 1.85 bits per heavy atom. The topological polar surface area (TPSA) is 82.0 Å². The van der Waals surface area contributed by atoms with E-state index in [-0.39, 0.29) is 11.5 Å². The van der Waals surface area contributed by atoms with E-state index >= 15 is 0 Å². The lowest BCUT2D eigenvalue weighted by atomic mass is 10.2. The van der Waals surface area contributed by atoms with E-state index in [0.717, 1.165) is 11.3 Å². The molecule has 1 amide bonds. The van der Waals surface area contributed by atoms with Crippen molar-refractivity contribution in [1.29, 1.82) is 0 Å². The third-order valence-corrected chi connectivity index (χ3v) is 4.62. The largest absolute Gasteiger partial charge is 0.478 e. The Morgan fingerprint density at radius 3 is 2.50 bits per heavy atom. The summed E-state index contributed by atoms with van der Waals surface area (Å²) in [5.74, 6) is -1.31. The highest BCUT2D eigenvalue weighted by Crippen LogP contribution is 2.29. The van der Waals surface area contributed by atoms with E-state index < -0.39 is 5.97 Å². The number of hydrogen-bond donors (Lipinski definition) is 2. The van der Waals surface area contributed by atoms with Crippen LogP contribution in [0.1, 0.15) is 15.9 Å². The van der Waals surface area contributed by atoms with Gasteiger partial charge in [-0.05, 0) is 47.7 Å². The first-order chi connectivity index (χ1) is 12.4. The number of carboxylic acid groups (broad SMARTS) is 1. The number of amidine groups is 1. The summed E-state index contributed by atoms with van der Waals surface area (Å²) >= 11 is 1.19. The van der Waals surface area contributed by atoms with Crippen molar-refractivity contribution in [3.05, 3.63) is 64.6 Å². The molecule has 0 aromatic heterocycles. The van der Waals surface area contributed by atoms with Crippen molar-refractivity contribution in [3.8, 4) is 0 Å². The van der Waals surface area contributed by atoms with E-state index in [2.05, 4.69) is 10.3 Å². The van der Waals surface area contributed by atoms with E-state index in [9.17, 15) is 14.7 Å². The number of aliphatic imine (C=N–C) groups is 1. The molecule has 1 fully saturated rings. The fourth-order valence-corrected chi connectivity index (χ4v) is 3.20. The van der Waals surface area contributed by atoms with E-state index in [1.54, 1.807) is 24.3 Å². The summed E-state index contributed by atoms with van der Waals surface area (Å²) in [5, 5.41) is 12.3. The highest BCUT2D eigenvalue weighted by atomic mass is 32.2. The van der Waals surface area contributed by atoms with Gasteiger partial charge in [-0.25, -0.2) is 9.79 Å². The number of hydrogen-bond acceptors (Lipinski definition) is 5. The normalized spacial score (nSPS) is 16.8. The predicted octanol–water partition coefficient (Wildman–Crippen LogP) is 3.34. The van der Waals surface area contributed by atoms with Gasteiger partial charge in [0.05, 0.1) is 16.2 Å². The first-order valence-electron chi connectivity index (χ1n) is 7.83. The van der Waals surface area contributed by atoms with Crippen molar-refractivity contribution >= 4 is 46.3 Å². The van der Waals surface area contributed by atoms with Crippen LogP contribution in [0.25, 0.3) is 6.08 Å². The Balaban J connectivity index is 1.83. The van der Waals surface area contributed by atoms with Gasteiger partial charge in [0.25, 0.3) is 5.91 Å². The highest BCUT2D eigenvalue weighted by molar-refractivity contribution is 8.18. The molecule has 26 heavy (non-hydrogen) atoms. The maximum absolute atomic E-state index is 12.2. The van der Waals surface area contributed by atoms with E-state index in [1.165, 1.54) is 17.8 Å². The van der Waals surface area contributed by atoms with Gasteiger partial charge >= 0.3 is 5.97 Å². The molecule has 2 aromatic rings. The van der Waals surface area contributed by atoms with Crippen molar-refractivity contribution in [2.75, 3.05) is 19.0 Å². The number of carboxylic acids is 1. The lowest BCUT2D eigenvalue weighted by Gasteiger charge is -2.11. The number of thioether (sulfide) groups is 1. The predicted molar refractivity (Wildman–Crippen MR) is 105 cm³/mol. The Hall–Kier alpha value is -3.06. The van der Waals surface area contributed by atoms with Gasteiger partial charge in [-0.2, -0.15) is 0 Å². The van der Waals surface area contributed by atoms with Gasteiger partial charge in [0.2, 0.25) is 0 Å². The molecule has 1 heterocycles. The van der Waals surface area contributed by atoms with Gasteiger partial charge in [-0.3, -0.25) is 4.79 Å². The molecule has 0 unspecified atom stereocenters. The van der Waals surface area contributed by atoms with Crippen molar-refractivity contribution in [3.63, 3.8) is 0 Å². The molecule has 7 heteroatoms. The van der Waals surface area contributed by atoms with Gasteiger partial charge in [0.1, 0.15) is 0 Å². The van der Waals surface area contributed by atoms with Crippen LogP contribution in [0.15, 0.2) is 58.4 Å². The highest BCUT2D eigenvalue weighted by Gasteiger charge is 2.24. The van der Waals surface area contributed by atoms with Gasteiger partial charge < -0.3 is 15.3 Å². The molecule has 0 aliphatic carbocycles. The molecule has 1 aliphatic rings. The molecule has 132 valence electrons. The molecular formula is C19H17N3O3S. The number of anilines is 1. The van der Waals surface area contributed by atoms with Crippen molar-refractivity contribution in [2.24, 2.45) is 4.99 Å². The molecule has 1 aliphatic heterocycles. The van der Waals surface area contributed by atoms with Gasteiger partial charge in [0, 0.05) is 19.8 Å². The van der Waals surface area contributed by atoms with E-state index in [1.807, 2.05) is 43.3 Å². The van der Waals surface area contributed by atoms with Crippen LogP contribution in [0.5, 0.6) is 0 Å². The summed E-state index contributed by atoms with van der Waals surface area (Å²) in [5.41, 5.74) is 2.37. The van der Waals surface area contributed by atoms with Crippen molar-refractivity contribution < 1.29 is 14.7 Å². The second-order valence-electron chi connectivity index (χ2n) is 5.79. The average molecular weight is 367 g/mol. The van der Waals surface area contributed by atoms with Crippen LogP contribution in [-0.2, 0) is 4.79 Å². The molecule has 2 aromatic carbocycles. The minimum absolute atomic E-state index is 0.0894. The average Bonchev–Trinajstić information content (AvgIpc) is 2.95. The van der Waals surface area contributed by atoms with E-state index in [0.29, 0.717) is 15.8 Å². The molecule has 6 nitrogen and oxygen atoms in total. The summed E-state index contributed by atoms with van der Waals surface area (Å²) in [7, 11) is 3.93. The van der Waals surface area contributed by atoms with Crippen LogP contribution in [0.4, 0.5) is 11.4 Å². The van der Waals surface area contributed by atoms with Crippen molar-refractivity contribution in [2.45, 2.75) is 0 Å². The summed E-state index contributed by atoms with van der Waals surface area (Å²) in [6, 6.07) is 14.2. The lowest BCUT2D eigenvalue weighted by molar-refractivity contribution is -0.115. The van der Waals surface area contributed by atoms with Crippen molar-refractivity contribution in [1.82, 2.24) is 5.32 Å². The number of amides is 1. The molecule has 0 atom stereocenters. The fourth-order valence-electron chi connectivity index (χ4n) is 2.36. The van der Waals surface area contributed by atoms with Crippen LogP contribution in [0, 0.1) is 0 Å². The summed E-state index contributed by atoms with van der Waals surface area (Å²) in [6.07, 6.45) is 1.78. The second-order valence-corrected chi connectivity index (χ2v) is 6.82. The van der Waals surface area contributed by atoms with Crippen LogP contribution in [0.3, 0.4) is 0 Å². The monoisotopic (exact) mass is 367 g/mol. The SMILES string of the molecule is CN(C)c1ccc(C=C2SC(=Nc3ccccc3C(=O)O)NC2=O)cc1. The second kappa shape index (κ2) is 7.45. The molecule has 1 saturated heterocycles. The van der Waals surface area contributed by atoms with E-state index in [4.69, 9.17) is 0 Å². The summed E-state index contributed by atoms with van der Waals surface area (Å²) in [4.78, 5) is 30.2.